The van der Waals surface area contributed by atoms with Gasteiger partial charge in [-0.05, 0) is 23.8 Å². The summed E-state index contributed by atoms with van der Waals surface area (Å²) in [4.78, 5) is 3.74. The summed E-state index contributed by atoms with van der Waals surface area (Å²) >= 11 is 5.46. The summed E-state index contributed by atoms with van der Waals surface area (Å²) in [5, 5.41) is 13.1. The molecule has 0 radical (unpaired) electrons. The normalized spacial score (nSPS) is 13.2. The molecule has 1 rings (SSSR count). The minimum absolute atomic E-state index is 0.172. The van der Waals surface area contributed by atoms with E-state index in [0.29, 0.717) is 11.6 Å². The van der Waals surface area contributed by atoms with Crippen LogP contribution in [0.3, 0.4) is 0 Å². The van der Waals surface area contributed by atoms with E-state index in [1.807, 2.05) is 18.2 Å². The highest BCUT2D eigenvalue weighted by Crippen LogP contribution is 2.18. The van der Waals surface area contributed by atoms with Crippen molar-refractivity contribution in [2.45, 2.75) is 6.10 Å². The smallest absolute Gasteiger partial charge is 0.121 e. The molecule has 0 aromatic heterocycles. The van der Waals surface area contributed by atoms with Gasteiger partial charge in [-0.1, -0.05) is 30.3 Å². The topological polar surface area (TPSA) is 79.9 Å². The van der Waals surface area contributed by atoms with E-state index < -0.39 is 6.10 Å². The number of aliphatic hydroxyl groups excluding tert-OH is 1. The van der Waals surface area contributed by atoms with Crippen LogP contribution in [0.1, 0.15) is 11.7 Å². The predicted molar refractivity (Wildman–Crippen MR) is 81.7 cm³/mol. The zero-order valence-electron chi connectivity index (χ0n) is 11.2. The molecular formula is C14H18ClN3O2. The molecule has 0 fully saturated rings. The Labute approximate surface area is 123 Å². The first-order valence-electron chi connectivity index (χ1n) is 5.93. The molecule has 0 aliphatic rings. The van der Waals surface area contributed by atoms with E-state index in [1.165, 1.54) is 12.3 Å². The third kappa shape index (κ3) is 5.77. The fourth-order valence-electron chi connectivity index (χ4n) is 1.44. The third-order valence-electron chi connectivity index (χ3n) is 2.45. The molecule has 5 nitrogen and oxygen atoms in total. The lowest BCUT2D eigenvalue weighted by atomic mass is 10.1. The van der Waals surface area contributed by atoms with E-state index in [0.717, 1.165) is 5.56 Å². The van der Waals surface area contributed by atoms with Crippen LogP contribution in [0.4, 0.5) is 0 Å². The van der Waals surface area contributed by atoms with E-state index in [2.05, 4.69) is 16.9 Å². The number of aliphatic imine (C=N–C) groups is 1. The van der Waals surface area contributed by atoms with E-state index in [9.17, 15) is 5.11 Å². The van der Waals surface area contributed by atoms with Crippen LogP contribution in [0.5, 0.6) is 5.75 Å². The van der Waals surface area contributed by atoms with Crippen LogP contribution in [0.15, 0.2) is 52.9 Å². The van der Waals surface area contributed by atoms with Gasteiger partial charge in [-0.25, -0.2) is 4.99 Å². The third-order valence-corrected chi connectivity index (χ3v) is 2.54. The van der Waals surface area contributed by atoms with Crippen molar-refractivity contribution in [3.05, 3.63) is 53.5 Å². The Morgan fingerprint density at radius 3 is 3.05 bits per heavy atom. The quantitative estimate of drug-likeness (QED) is 0.530. The minimum Gasteiger partial charge on any atom is -0.497 e. The van der Waals surface area contributed by atoms with Gasteiger partial charge in [0.05, 0.1) is 19.0 Å². The number of hydrogen-bond acceptors (Lipinski definition) is 5. The molecule has 108 valence electrons. The summed E-state index contributed by atoms with van der Waals surface area (Å²) in [7, 11) is 1.58. The summed E-state index contributed by atoms with van der Waals surface area (Å²) in [5.41, 5.74) is 6.44. The Kier molecular flexibility index (Phi) is 6.63. The molecule has 0 spiro atoms. The molecule has 0 amide bonds. The molecule has 0 saturated carbocycles. The van der Waals surface area contributed by atoms with Crippen molar-refractivity contribution in [3.8, 4) is 5.75 Å². The van der Waals surface area contributed by atoms with Crippen LogP contribution in [0, 0.1) is 0 Å². The van der Waals surface area contributed by atoms with Gasteiger partial charge in [-0.3, -0.25) is 0 Å². The summed E-state index contributed by atoms with van der Waals surface area (Å²) in [5.74, 6) is 1.06. The SMILES string of the molecule is C=C(Cl)/N=C\C=C(/N)NCC(O)c1cccc(OC)c1. The number of methoxy groups -OCH3 is 1. The van der Waals surface area contributed by atoms with Crippen molar-refractivity contribution in [2.24, 2.45) is 10.7 Å². The second-order valence-corrected chi connectivity index (χ2v) is 4.39. The number of nitrogens with zero attached hydrogens (tertiary/aromatic N) is 1. The van der Waals surface area contributed by atoms with Crippen molar-refractivity contribution in [1.29, 1.82) is 0 Å². The number of hydrogen-bond donors (Lipinski definition) is 3. The first-order valence-corrected chi connectivity index (χ1v) is 6.31. The second kappa shape index (κ2) is 8.24. The fourth-order valence-corrected chi connectivity index (χ4v) is 1.49. The molecule has 4 N–H and O–H groups in total. The first kappa shape index (κ1) is 16.1. The Morgan fingerprint density at radius 1 is 1.65 bits per heavy atom. The highest BCUT2D eigenvalue weighted by molar-refractivity contribution is 6.29. The van der Waals surface area contributed by atoms with Gasteiger partial charge in [0.15, 0.2) is 0 Å². The van der Waals surface area contributed by atoms with Gasteiger partial charge in [0, 0.05) is 12.8 Å². The number of halogens is 1. The highest BCUT2D eigenvalue weighted by atomic mass is 35.5. The lowest BCUT2D eigenvalue weighted by Gasteiger charge is -2.13. The van der Waals surface area contributed by atoms with Gasteiger partial charge in [-0.15, -0.1) is 0 Å². The van der Waals surface area contributed by atoms with Gasteiger partial charge >= 0.3 is 0 Å². The number of benzene rings is 1. The molecule has 0 heterocycles. The van der Waals surface area contributed by atoms with E-state index >= 15 is 0 Å². The van der Waals surface area contributed by atoms with Crippen molar-refractivity contribution >= 4 is 17.8 Å². The van der Waals surface area contributed by atoms with Gasteiger partial charge in [-0.2, -0.15) is 0 Å². The van der Waals surface area contributed by atoms with E-state index in [1.54, 1.807) is 13.2 Å². The standard InChI is InChI=1S/C14H18ClN3O2/c1-10(15)17-7-6-14(16)18-9-13(19)11-4-3-5-12(8-11)20-2/h3-8,13,18-19H,1,9,16H2,2H3/b14-6+,17-7-. The molecule has 0 bridgehead atoms. The molecule has 20 heavy (non-hydrogen) atoms. The molecule has 0 saturated heterocycles. The van der Waals surface area contributed by atoms with Crippen LogP contribution < -0.4 is 15.8 Å². The number of allylic oxidation sites excluding steroid dienone is 1. The monoisotopic (exact) mass is 295 g/mol. The molecule has 0 aliphatic carbocycles. The lowest BCUT2D eigenvalue weighted by Crippen LogP contribution is -2.25. The molecule has 1 aromatic rings. The van der Waals surface area contributed by atoms with E-state index in [-0.39, 0.29) is 11.7 Å². The van der Waals surface area contributed by atoms with Crippen molar-refractivity contribution < 1.29 is 9.84 Å². The molecular weight excluding hydrogens is 278 g/mol. The summed E-state index contributed by atoms with van der Waals surface area (Å²) < 4.78 is 5.10. The zero-order valence-corrected chi connectivity index (χ0v) is 12.0. The van der Waals surface area contributed by atoms with Crippen LogP contribution in [-0.4, -0.2) is 25.0 Å². The number of ether oxygens (including phenoxy) is 1. The Morgan fingerprint density at radius 2 is 2.40 bits per heavy atom. The van der Waals surface area contributed by atoms with Crippen LogP contribution in [0.2, 0.25) is 0 Å². The maximum atomic E-state index is 10.0. The number of aliphatic hydroxyl groups is 1. The Balaban J connectivity index is 2.54. The van der Waals surface area contributed by atoms with Crippen LogP contribution in [0.25, 0.3) is 0 Å². The average Bonchev–Trinajstić information content (AvgIpc) is 2.44. The largest absolute Gasteiger partial charge is 0.497 e. The average molecular weight is 296 g/mol. The molecule has 1 unspecified atom stereocenters. The second-order valence-electron chi connectivity index (χ2n) is 3.95. The predicted octanol–water partition coefficient (Wildman–Crippen LogP) is 1.90. The molecule has 0 aliphatic heterocycles. The summed E-state index contributed by atoms with van der Waals surface area (Å²) in [6.07, 6.45) is 2.26. The molecule has 1 atom stereocenters. The summed E-state index contributed by atoms with van der Waals surface area (Å²) in [6.45, 7) is 3.68. The Bertz CT molecular complexity index is 515. The minimum atomic E-state index is -0.697. The summed E-state index contributed by atoms with van der Waals surface area (Å²) in [6, 6.07) is 7.21. The van der Waals surface area contributed by atoms with Gasteiger partial charge in [0.2, 0.25) is 0 Å². The molecule has 1 aromatic carbocycles. The van der Waals surface area contributed by atoms with Gasteiger partial charge in [0.1, 0.15) is 10.9 Å². The van der Waals surface area contributed by atoms with Crippen molar-refractivity contribution in [3.63, 3.8) is 0 Å². The molecule has 6 heteroatoms. The highest BCUT2D eigenvalue weighted by Gasteiger charge is 2.07. The number of nitrogens with two attached hydrogens (primary N) is 1. The number of nitrogens with one attached hydrogen (secondary N) is 1. The van der Waals surface area contributed by atoms with Crippen molar-refractivity contribution in [2.75, 3.05) is 13.7 Å². The van der Waals surface area contributed by atoms with Crippen molar-refractivity contribution in [1.82, 2.24) is 5.32 Å². The van der Waals surface area contributed by atoms with Crippen LogP contribution in [-0.2, 0) is 0 Å². The first-order chi connectivity index (χ1) is 9.52. The number of rotatable bonds is 7. The van der Waals surface area contributed by atoms with E-state index in [4.69, 9.17) is 22.1 Å². The maximum absolute atomic E-state index is 10.0. The van der Waals surface area contributed by atoms with Gasteiger partial charge < -0.3 is 20.9 Å². The van der Waals surface area contributed by atoms with Crippen LogP contribution >= 0.6 is 11.6 Å². The fraction of sp³-hybridized carbons (Fsp3) is 0.214. The maximum Gasteiger partial charge on any atom is 0.121 e. The Hall–Kier alpha value is -1.98. The lowest BCUT2D eigenvalue weighted by molar-refractivity contribution is 0.178. The van der Waals surface area contributed by atoms with Gasteiger partial charge in [0.25, 0.3) is 0 Å². The zero-order chi connectivity index (χ0) is 15.0.